The van der Waals surface area contributed by atoms with E-state index in [4.69, 9.17) is 16.9 Å². The van der Waals surface area contributed by atoms with E-state index in [1.54, 1.807) is 24.3 Å². The minimum absolute atomic E-state index is 0.224. The van der Waals surface area contributed by atoms with Gasteiger partial charge in [-0.1, -0.05) is 30.3 Å². The van der Waals surface area contributed by atoms with Gasteiger partial charge in [0.1, 0.15) is 12.1 Å². The molecular weight excluding hydrogens is 312 g/mol. The van der Waals surface area contributed by atoms with Crippen molar-refractivity contribution in [1.82, 2.24) is 10.2 Å². The predicted octanol–water partition coefficient (Wildman–Crippen LogP) is 0.474. The topological polar surface area (TPSA) is 105 Å². The van der Waals surface area contributed by atoms with Crippen LogP contribution in [0.25, 0.3) is 0 Å². The summed E-state index contributed by atoms with van der Waals surface area (Å²) in [5.74, 6) is -2.50. The van der Waals surface area contributed by atoms with Crippen LogP contribution in [0.4, 0.5) is 0 Å². The van der Waals surface area contributed by atoms with E-state index >= 15 is 0 Å². The second-order valence-corrected chi connectivity index (χ2v) is 4.75. The number of amides is 1. The number of carboxylic acids is 1. The van der Waals surface area contributed by atoms with Gasteiger partial charge in [0.05, 0.1) is 13.5 Å². The maximum Gasteiger partial charge on any atom is 0.328 e. The van der Waals surface area contributed by atoms with Gasteiger partial charge < -0.3 is 15.2 Å². The Morgan fingerprint density at radius 1 is 1.23 bits per heavy atom. The number of hydrogen-bond donors (Lipinski definition) is 3. The molecule has 2 atom stereocenters. The fourth-order valence-electron chi connectivity index (χ4n) is 1.81. The lowest BCUT2D eigenvalue weighted by atomic mass is 10.1. The lowest BCUT2D eigenvalue weighted by Gasteiger charge is -2.19. The maximum atomic E-state index is 12.0. The van der Waals surface area contributed by atoms with Crippen LogP contribution in [-0.2, 0) is 25.5 Å². The van der Waals surface area contributed by atoms with Crippen molar-refractivity contribution in [2.75, 3.05) is 7.11 Å². The van der Waals surface area contributed by atoms with Crippen LogP contribution in [0.2, 0.25) is 0 Å². The van der Waals surface area contributed by atoms with Crippen LogP contribution >= 0.6 is 11.8 Å². The normalized spacial score (nSPS) is 13.0. The zero-order valence-corrected chi connectivity index (χ0v) is 12.7. The molecule has 1 amide bonds. The summed E-state index contributed by atoms with van der Waals surface area (Å²) in [6.45, 7) is 0. The summed E-state index contributed by atoms with van der Waals surface area (Å²) < 4.78 is 4.66. The molecule has 0 saturated carbocycles. The number of methoxy groups -OCH3 is 1. The van der Waals surface area contributed by atoms with Crippen LogP contribution < -0.4 is 10.2 Å². The maximum absolute atomic E-state index is 12.0. The Labute approximate surface area is 132 Å². The lowest BCUT2D eigenvalue weighted by molar-refractivity contribution is -0.145. The van der Waals surface area contributed by atoms with Crippen molar-refractivity contribution in [3.8, 4) is 0 Å². The van der Waals surface area contributed by atoms with E-state index in [0.29, 0.717) is 0 Å². The first-order chi connectivity index (χ1) is 10.5. The van der Waals surface area contributed by atoms with Crippen molar-refractivity contribution >= 4 is 29.6 Å². The molecule has 1 rings (SSSR count). The molecule has 0 saturated heterocycles. The third kappa shape index (κ3) is 5.71. The quantitative estimate of drug-likeness (QED) is 0.473. The van der Waals surface area contributed by atoms with E-state index in [9.17, 15) is 14.4 Å². The minimum atomic E-state index is -1.19. The van der Waals surface area contributed by atoms with Crippen molar-refractivity contribution < 1.29 is 24.2 Å². The summed E-state index contributed by atoms with van der Waals surface area (Å²) >= 11 is 5.37. The average molecular weight is 329 g/mol. The predicted molar refractivity (Wildman–Crippen MR) is 79.1 cm³/mol. The summed E-state index contributed by atoms with van der Waals surface area (Å²) in [6, 6.07) is 6.96. The van der Waals surface area contributed by atoms with E-state index in [1.165, 1.54) is 7.11 Å². The first kappa shape index (κ1) is 17.9. The Kier molecular flexibility index (Phi) is 7.34. The Balaban J connectivity index is 2.78. The molecule has 1 aromatic carbocycles. The lowest BCUT2D eigenvalue weighted by Crippen LogP contribution is -2.50. The number of carbonyl (C=O) groups is 3. The highest BCUT2D eigenvalue weighted by Crippen LogP contribution is 2.05. The van der Waals surface area contributed by atoms with Crippen LogP contribution in [0.1, 0.15) is 12.0 Å². The number of nitrogens with one attached hydrogen (secondary N) is 2. The van der Waals surface area contributed by atoms with Crippen LogP contribution in [0.15, 0.2) is 30.3 Å². The second kappa shape index (κ2) is 9.01. The number of ether oxygens (including phenoxy) is 1. The summed E-state index contributed by atoms with van der Waals surface area (Å²) in [4.78, 5) is 36.5. The molecule has 0 aliphatic heterocycles. The fourth-order valence-corrected chi connectivity index (χ4v) is 1.99. The molecule has 0 unspecified atom stereocenters. The number of aliphatic carboxylic acids is 1. The highest BCUT2D eigenvalue weighted by molar-refractivity contribution is 6.15. The first-order valence-corrected chi connectivity index (χ1v) is 6.85. The molecule has 1 aromatic rings. The van der Waals surface area contributed by atoms with Crippen molar-refractivity contribution in [3.05, 3.63) is 35.9 Å². The molecule has 0 aromatic heterocycles. The van der Waals surface area contributed by atoms with Crippen LogP contribution in [0.5, 0.6) is 0 Å². The van der Waals surface area contributed by atoms with E-state index in [0.717, 1.165) is 5.56 Å². The van der Waals surface area contributed by atoms with E-state index in [1.807, 2.05) is 6.07 Å². The summed E-state index contributed by atoms with van der Waals surface area (Å²) in [6.07, 6.45) is -0.282. The molecule has 0 bridgehead atoms. The molecule has 120 valence electrons. The summed E-state index contributed by atoms with van der Waals surface area (Å²) in [5, 5.41) is 11.2. The molecule has 0 spiro atoms. The third-order valence-electron chi connectivity index (χ3n) is 2.91. The largest absolute Gasteiger partial charge is 0.481 e. The van der Waals surface area contributed by atoms with Gasteiger partial charge in [-0.05, 0) is 17.3 Å². The van der Waals surface area contributed by atoms with Gasteiger partial charge in [-0.15, -0.1) is 0 Å². The van der Waals surface area contributed by atoms with Crippen molar-refractivity contribution in [3.63, 3.8) is 0 Å². The smallest absolute Gasteiger partial charge is 0.328 e. The molecule has 0 heterocycles. The molecule has 8 heteroatoms. The van der Waals surface area contributed by atoms with Crippen LogP contribution in [0.3, 0.4) is 0 Å². The van der Waals surface area contributed by atoms with Gasteiger partial charge in [0, 0.05) is 6.42 Å². The number of benzene rings is 1. The molecule has 22 heavy (non-hydrogen) atoms. The number of halogens is 1. The number of hydrogen-bond acceptors (Lipinski definition) is 5. The highest BCUT2D eigenvalue weighted by Gasteiger charge is 2.27. The van der Waals surface area contributed by atoms with E-state index in [-0.39, 0.29) is 6.42 Å². The number of carbonyl (C=O) groups excluding carboxylic acids is 2. The molecule has 0 fully saturated rings. The van der Waals surface area contributed by atoms with Crippen LogP contribution in [-0.4, -0.2) is 42.1 Å². The Morgan fingerprint density at radius 2 is 1.86 bits per heavy atom. The van der Waals surface area contributed by atoms with Gasteiger partial charge in [0.15, 0.2) is 0 Å². The van der Waals surface area contributed by atoms with Crippen LogP contribution in [0, 0.1) is 0 Å². The van der Waals surface area contributed by atoms with Crippen molar-refractivity contribution in [1.29, 1.82) is 0 Å². The van der Waals surface area contributed by atoms with Crippen molar-refractivity contribution in [2.24, 2.45) is 0 Å². The van der Waals surface area contributed by atoms with Gasteiger partial charge >= 0.3 is 11.9 Å². The fraction of sp³-hybridized carbons (Fsp3) is 0.357. The minimum Gasteiger partial charge on any atom is -0.481 e. The number of carboxylic acid groups (broad SMARTS) is 1. The zero-order chi connectivity index (χ0) is 16.5. The molecule has 3 N–H and O–H groups in total. The first-order valence-electron chi connectivity index (χ1n) is 6.48. The number of rotatable bonds is 8. The van der Waals surface area contributed by atoms with Gasteiger partial charge in [-0.2, -0.15) is 0 Å². The molecule has 0 radical (unpaired) electrons. The number of esters is 1. The Bertz CT molecular complexity index is 523. The molecule has 0 aliphatic carbocycles. The monoisotopic (exact) mass is 328 g/mol. The molecule has 7 nitrogen and oxygen atoms in total. The van der Waals surface area contributed by atoms with Gasteiger partial charge in [0.2, 0.25) is 5.91 Å². The SMILES string of the molecule is COC(=O)[C@H](Cc1ccccc1)NC(=O)[C@H](CC(=O)O)NCl. The van der Waals surface area contributed by atoms with E-state index in [2.05, 4.69) is 14.9 Å². The third-order valence-corrected chi connectivity index (χ3v) is 3.18. The summed E-state index contributed by atoms with van der Waals surface area (Å²) in [7, 11) is 1.21. The highest BCUT2D eigenvalue weighted by atomic mass is 35.5. The van der Waals surface area contributed by atoms with Gasteiger partial charge in [-0.25, -0.2) is 9.63 Å². The van der Waals surface area contributed by atoms with Gasteiger partial charge in [0.25, 0.3) is 0 Å². The van der Waals surface area contributed by atoms with Gasteiger partial charge in [-0.3, -0.25) is 9.59 Å². The standard InChI is InChI=1S/C14H17ClN2O5/c1-22-14(21)11(7-9-5-3-2-4-6-9)16-13(20)10(17-15)8-12(18)19/h2-6,10-11,17H,7-8H2,1H3,(H,16,20)(H,18,19)/t10-,11-/m0/s1. The summed E-state index contributed by atoms with van der Waals surface area (Å²) in [5.41, 5.74) is 0.826. The average Bonchev–Trinajstić information content (AvgIpc) is 2.51. The van der Waals surface area contributed by atoms with E-state index < -0.39 is 36.4 Å². The Morgan fingerprint density at radius 3 is 2.36 bits per heavy atom. The Hall–Kier alpha value is -2.12. The molecular formula is C14H17ClN2O5. The zero-order valence-electron chi connectivity index (χ0n) is 11.9. The molecule has 0 aliphatic rings. The van der Waals surface area contributed by atoms with Crippen molar-refractivity contribution in [2.45, 2.75) is 24.9 Å². The second-order valence-electron chi connectivity index (χ2n) is 4.53.